The van der Waals surface area contributed by atoms with Crippen molar-refractivity contribution in [2.45, 2.75) is 20.8 Å². The van der Waals surface area contributed by atoms with Gasteiger partial charge in [0.2, 0.25) is 5.76 Å². The summed E-state index contributed by atoms with van der Waals surface area (Å²) in [6.45, 7) is 9.80. The standard InChI is InChI=1S/C19H23N5O3S2/c1-4-22(5-2)19-20-16-14(29-19)11-15(28-16)18(26)24-8-6-23(7-9-24)17(25)13-10-12(3)21-27-13/h10-11H,4-9H2,1-3H3. The highest BCUT2D eigenvalue weighted by molar-refractivity contribution is 7.29. The van der Waals surface area contributed by atoms with Crippen LogP contribution < -0.4 is 4.90 Å². The molecule has 0 saturated carbocycles. The second kappa shape index (κ2) is 8.11. The van der Waals surface area contributed by atoms with Crippen molar-refractivity contribution >= 4 is 49.1 Å². The van der Waals surface area contributed by atoms with E-state index in [0.717, 1.165) is 27.8 Å². The van der Waals surface area contributed by atoms with Gasteiger partial charge in [-0.3, -0.25) is 9.59 Å². The summed E-state index contributed by atoms with van der Waals surface area (Å²) < 4.78 is 6.11. The second-order valence-electron chi connectivity index (χ2n) is 6.87. The van der Waals surface area contributed by atoms with Crippen LogP contribution in [-0.4, -0.2) is 71.0 Å². The van der Waals surface area contributed by atoms with Crippen molar-refractivity contribution in [3.63, 3.8) is 0 Å². The summed E-state index contributed by atoms with van der Waals surface area (Å²) in [6, 6.07) is 3.58. The highest BCUT2D eigenvalue weighted by Gasteiger charge is 2.28. The monoisotopic (exact) mass is 433 g/mol. The fraction of sp³-hybridized carbons (Fsp3) is 0.474. The Kier molecular flexibility index (Phi) is 5.55. The Morgan fingerprint density at radius 2 is 1.72 bits per heavy atom. The number of thiophene rings is 1. The van der Waals surface area contributed by atoms with Gasteiger partial charge < -0.3 is 19.2 Å². The molecule has 0 N–H and O–H groups in total. The summed E-state index contributed by atoms with van der Waals surface area (Å²) in [6.07, 6.45) is 0. The average molecular weight is 434 g/mol. The third-order valence-corrected chi connectivity index (χ3v) is 7.22. The number of carbonyl (C=O) groups is 2. The van der Waals surface area contributed by atoms with Crippen molar-refractivity contribution in [3.05, 3.63) is 28.5 Å². The smallest absolute Gasteiger partial charge is 0.292 e. The number of carbonyl (C=O) groups excluding carboxylic acids is 2. The van der Waals surface area contributed by atoms with Crippen molar-refractivity contribution in [2.24, 2.45) is 0 Å². The molecule has 154 valence electrons. The molecular formula is C19H23N5O3S2. The van der Waals surface area contributed by atoms with Crippen LogP contribution in [0.3, 0.4) is 0 Å². The van der Waals surface area contributed by atoms with E-state index in [1.165, 1.54) is 11.3 Å². The normalized spacial score (nSPS) is 14.6. The van der Waals surface area contributed by atoms with Gasteiger partial charge in [-0.2, -0.15) is 0 Å². The molecule has 8 nitrogen and oxygen atoms in total. The Labute approximate surface area is 176 Å². The molecule has 4 heterocycles. The average Bonchev–Trinajstić information content (AvgIpc) is 3.43. The number of aromatic nitrogens is 2. The molecular weight excluding hydrogens is 410 g/mol. The lowest BCUT2D eigenvalue weighted by Crippen LogP contribution is -2.50. The first-order valence-corrected chi connectivity index (χ1v) is 11.3. The van der Waals surface area contributed by atoms with Gasteiger partial charge in [0.25, 0.3) is 11.8 Å². The molecule has 0 aromatic carbocycles. The van der Waals surface area contributed by atoms with Crippen molar-refractivity contribution in [2.75, 3.05) is 44.2 Å². The maximum Gasteiger partial charge on any atom is 0.292 e. The van der Waals surface area contributed by atoms with Gasteiger partial charge in [-0.25, -0.2) is 4.98 Å². The summed E-state index contributed by atoms with van der Waals surface area (Å²) in [5.41, 5.74) is 0.678. The molecule has 0 spiro atoms. The quantitative estimate of drug-likeness (QED) is 0.615. The van der Waals surface area contributed by atoms with Crippen molar-refractivity contribution in [1.82, 2.24) is 19.9 Å². The maximum atomic E-state index is 12.9. The fourth-order valence-electron chi connectivity index (χ4n) is 3.35. The van der Waals surface area contributed by atoms with E-state index < -0.39 is 0 Å². The molecule has 10 heteroatoms. The summed E-state index contributed by atoms with van der Waals surface area (Å²) in [5, 5.41) is 4.77. The Morgan fingerprint density at radius 3 is 2.28 bits per heavy atom. The zero-order valence-corrected chi connectivity index (χ0v) is 18.3. The second-order valence-corrected chi connectivity index (χ2v) is 8.91. The summed E-state index contributed by atoms with van der Waals surface area (Å²) >= 11 is 3.07. The van der Waals surface area contributed by atoms with Crippen LogP contribution in [0, 0.1) is 6.92 Å². The number of amides is 2. The summed E-state index contributed by atoms with van der Waals surface area (Å²) in [5.74, 6) is 0.0746. The first-order valence-electron chi connectivity index (χ1n) is 9.67. The Morgan fingerprint density at radius 1 is 1.07 bits per heavy atom. The van der Waals surface area contributed by atoms with E-state index in [2.05, 4.69) is 23.9 Å². The summed E-state index contributed by atoms with van der Waals surface area (Å²) in [4.78, 5) is 37.4. The molecule has 29 heavy (non-hydrogen) atoms. The van der Waals surface area contributed by atoms with Crippen LogP contribution in [0.25, 0.3) is 9.53 Å². The van der Waals surface area contributed by atoms with Crippen LogP contribution in [0.2, 0.25) is 0 Å². The van der Waals surface area contributed by atoms with Crippen LogP contribution in [0.4, 0.5) is 5.13 Å². The van der Waals surface area contributed by atoms with E-state index in [1.807, 2.05) is 6.07 Å². The van der Waals surface area contributed by atoms with Gasteiger partial charge in [-0.05, 0) is 26.8 Å². The van der Waals surface area contributed by atoms with E-state index in [-0.39, 0.29) is 17.6 Å². The minimum absolute atomic E-state index is 0.00666. The lowest BCUT2D eigenvalue weighted by Gasteiger charge is -2.34. The molecule has 4 rings (SSSR count). The van der Waals surface area contributed by atoms with E-state index in [4.69, 9.17) is 9.51 Å². The number of rotatable bonds is 5. The zero-order valence-electron chi connectivity index (χ0n) is 16.7. The third-order valence-electron chi connectivity index (χ3n) is 5.02. The summed E-state index contributed by atoms with van der Waals surface area (Å²) in [7, 11) is 0. The van der Waals surface area contributed by atoms with Crippen LogP contribution in [0.5, 0.6) is 0 Å². The minimum Gasteiger partial charge on any atom is -0.351 e. The zero-order chi connectivity index (χ0) is 20.5. The van der Waals surface area contributed by atoms with E-state index >= 15 is 0 Å². The Hall–Kier alpha value is -2.46. The largest absolute Gasteiger partial charge is 0.351 e. The molecule has 1 saturated heterocycles. The third kappa shape index (κ3) is 3.86. The molecule has 0 atom stereocenters. The molecule has 1 aliphatic rings. The van der Waals surface area contributed by atoms with Crippen LogP contribution >= 0.6 is 22.7 Å². The van der Waals surface area contributed by atoms with Gasteiger partial charge in [0, 0.05) is 45.3 Å². The number of hydrogen-bond donors (Lipinski definition) is 0. The van der Waals surface area contributed by atoms with Gasteiger partial charge in [-0.15, -0.1) is 11.3 Å². The molecule has 1 aliphatic heterocycles. The molecule has 3 aromatic heterocycles. The minimum atomic E-state index is -0.178. The molecule has 0 aliphatic carbocycles. The number of thiazole rings is 1. The van der Waals surface area contributed by atoms with Crippen molar-refractivity contribution in [3.8, 4) is 0 Å². The van der Waals surface area contributed by atoms with Gasteiger partial charge >= 0.3 is 0 Å². The van der Waals surface area contributed by atoms with Gasteiger partial charge in [0.1, 0.15) is 4.83 Å². The van der Waals surface area contributed by atoms with Crippen molar-refractivity contribution in [1.29, 1.82) is 0 Å². The number of anilines is 1. The molecule has 3 aromatic rings. The fourth-order valence-corrected chi connectivity index (χ4v) is 5.65. The highest BCUT2D eigenvalue weighted by atomic mass is 32.1. The molecule has 0 radical (unpaired) electrons. The number of aryl methyl sites for hydroxylation is 1. The SMILES string of the molecule is CCN(CC)c1nc2sc(C(=O)N3CCN(C(=O)c4cc(C)no4)CC3)cc2s1. The van der Waals surface area contributed by atoms with Crippen LogP contribution in [-0.2, 0) is 0 Å². The predicted octanol–water partition coefficient (Wildman–Crippen LogP) is 3.10. The molecule has 2 amide bonds. The van der Waals surface area contributed by atoms with Crippen LogP contribution in [0.15, 0.2) is 16.7 Å². The number of fused-ring (bicyclic) bond motifs is 1. The van der Waals surface area contributed by atoms with Crippen molar-refractivity contribution < 1.29 is 14.1 Å². The lowest BCUT2D eigenvalue weighted by molar-refractivity contribution is 0.0515. The van der Waals surface area contributed by atoms with E-state index in [1.54, 1.807) is 34.1 Å². The van der Waals surface area contributed by atoms with Gasteiger partial charge in [-0.1, -0.05) is 16.5 Å². The predicted molar refractivity (Wildman–Crippen MR) is 114 cm³/mol. The van der Waals surface area contributed by atoms with Crippen LogP contribution in [0.1, 0.15) is 39.8 Å². The van der Waals surface area contributed by atoms with E-state index in [0.29, 0.717) is 36.8 Å². The molecule has 0 bridgehead atoms. The Balaban J connectivity index is 1.40. The van der Waals surface area contributed by atoms with E-state index in [9.17, 15) is 9.59 Å². The van der Waals surface area contributed by atoms with Gasteiger partial charge in [0.05, 0.1) is 15.3 Å². The Bertz CT molecular complexity index is 996. The molecule has 1 fully saturated rings. The molecule has 0 unspecified atom stereocenters. The first-order chi connectivity index (χ1) is 14.0. The number of piperazine rings is 1. The van der Waals surface area contributed by atoms with Gasteiger partial charge in [0.15, 0.2) is 5.13 Å². The number of nitrogens with zero attached hydrogens (tertiary/aromatic N) is 5. The number of hydrogen-bond acceptors (Lipinski definition) is 8. The maximum absolute atomic E-state index is 12.9. The topological polar surface area (TPSA) is 82.8 Å². The first kappa shape index (κ1) is 19.8. The lowest BCUT2D eigenvalue weighted by atomic mass is 10.2. The highest BCUT2D eigenvalue weighted by Crippen LogP contribution is 2.35.